The van der Waals surface area contributed by atoms with Gasteiger partial charge < -0.3 is 15.1 Å². The third-order valence-corrected chi connectivity index (χ3v) is 3.60. The molecule has 7 heteroatoms. The number of aromatic nitrogens is 1. The minimum absolute atomic E-state index is 0.0151. The van der Waals surface area contributed by atoms with Crippen LogP contribution in [0.2, 0.25) is 0 Å². The molecule has 1 aromatic rings. The van der Waals surface area contributed by atoms with Crippen molar-refractivity contribution in [3.8, 4) is 0 Å². The average Bonchev–Trinajstić information content (AvgIpc) is 2.54. The van der Waals surface area contributed by atoms with Crippen LogP contribution in [0.4, 0.5) is 0 Å². The average molecular weight is 304 g/mol. The lowest BCUT2D eigenvalue weighted by atomic mass is 10.2. The summed E-state index contributed by atoms with van der Waals surface area (Å²) >= 11 is 0. The summed E-state index contributed by atoms with van der Waals surface area (Å²) in [6.07, 6.45) is 3.17. The van der Waals surface area contributed by atoms with E-state index in [0.717, 1.165) is 5.56 Å². The molecule has 1 fully saturated rings. The van der Waals surface area contributed by atoms with Crippen molar-refractivity contribution in [2.24, 2.45) is 0 Å². The van der Waals surface area contributed by atoms with Gasteiger partial charge in [0, 0.05) is 52.0 Å². The van der Waals surface area contributed by atoms with E-state index in [-0.39, 0.29) is 24.1 Å². The molecule has 1 aliphatic heterocycles. The van der Waals surface area contributed by atoms with Gasteiger partial charge in [0.25, 0.3) is 0 Å². The number of nitrogens with zero attached hydrogens (tertiary/aromatic N) is 3. The van der Waals surface area contributed by atoms with Gasteiger partial charge in [-0.05, 0) is 11.6 Å². The van der Waals surface area contributed by atoms with E-state index in [1.165, 1.54) is 6.92 Å². The third kappa shape index (κ3) is 4.54. The number of rotatable bonds is 4. The van der Waals surface area contributed by atoms with Gasteiger partial charge in [-0.25, -0.2) is 0 Å². The molecule has 0 aliphatic carbocycles. The number of hydrogen-bond acceptors (Lipinski definition) is 4. The summed E-state index contributed by atoms with van der Waals surface area (Å²) in [6, 6.07) is 3.65. The summed E-state index contributed by atoms with van der Waals surface area (Å²) in [6.45, 7) is 3.89. The highest BCUT2D eigenvalue weighted by atomic mass is 16.2. The molecular weight excluding hydrogens is 284 g/mol. The van der Waals surface area contributed by atoms with Gasteiger partial charge >= 0.3 is 0 Å². The summed E-state index contributed by atoms with van der Waals surface area (Å²) in [7, 11) is 0. The highest BCUT2D eigenvalue weighted by molar-refractivity contribution is 5.96. The van der Waals surface area contributed by atoms with Crippen molar-refractivity contribution in [3.63, 3.8) is 0 Å². The second-order valence-corrected chi connectivity index (χ2v) is 5.20. The second kappa shape index (κ2) is 7.53. The number of hydrogen-bond donors (Lipinski definition) is 1. The Kier molecular flexibility index (Phi) is 5.46. The van der Waals surface area contributed by atoms with Crippen molar-refractivity contribution < 1.29 is 14.4 Å². The van der Waals surface area contributed by atoms with E-state index in [1.807, 2.05) is 6.07 Å². The van der Waals surface area contributed by atoms with Crippen LogP contribution in [0.3, 0.4) is 0 Å². The van der Waals surface area contributed by atoms with Crippen LogP contribution in [0, 0.1) is 0 Å². The zero-order valence-corrected chi connectivity index (χ0v) is 12.6. The fourth-order valence-electron chi connectivity index (χ4n) is 2.29. The maximum Gasteiger partial charge on any atom is 0.232 e. The molecule has 0 aromatic carbocycles. The Bertz CT molecular complexity index is 539. The molecule has 118 valence electrons. The van der Waals surface area contributed by atoms with Crippen molar-refractivity contribution in [3.05, 3.63) is 30.1 Å². The topological polar surface area (TPSA) is 82.6 Å². The van der Waals surface area contributed by atoms with E-state index in [9.17, 15) is 14.4 Å². The number of amides is 3. The molecule has 1 aromatic heterocycles. The smallest absolute Gasteiger partial charge is 0.232 e. The van der Waals surface area contributed by atoms with Crippen molar-refractivity contribution in [2.75, 3.05) is 26.2 Å². The van der Waals surface area contributed by atoms with Gasteiger partial charge in [0.15, 0.2) is 0 Å². The number of carbonyl (C=O) groups excluding carboxylic acids is 3. The Morgan fingerprint density at radius 3 is 2.45 bits per heavy atom. The van der Waals surface area contributed by atoms with Crippen molar-refractivity contribution in [1.82, 2.24) is 20.1 Å². The van der Waals surface area contributed by atoms with Crippen molar-refractivity contribution in [1.29, 1.82) is 0 Å². The van der Waals surface area contributed by atoms with Crippen LogP contribution in [0.1, 0.15) is 18.9 Å². The summed E-state index contributed by atoms with van der Waals surface area (Å²) in [5.41, 5.74) is 0.887. The van der Waals surface area contributed by atoms with Gasteiger partial charge in [-0.1, -0.05) is 6.07 Å². The number of piperazine rings is 1. The van der Waals surface area contributed by atoms with Crippen molar-refractivity contribution >= 4 is 17.7 Å². The summed E-state index contributed by atoms with van der Waals surface area (Å²) in [5, 5.41) is 2.70. The first-order valence-electron chi connectivity index (χ1n) is 7.25. The molecule has 1 aliphatic rings. The molecule has 7 nitrogen and oxygen atoms in total. The molecule has 2 rings (SSSR count). The van der Waals surface area contributed by atoms with E-state index in [0.29, 0.717) is 32.7 Å². The van der Waals surface area contributed by atoms with Crippen LogP contribution < -0.4 is 5.32 Å². The zero-order chi connectivity index (χ0) is 15.9. The fourth-order valence-corrected chi connectivity index (χ4v) is 2.29. The first-order valence-corrected chi connectivity index (χ1v) is 7.25. The van der Waals surface area contributed by atoms with Gasteiger partial charge in [-0.2, -0.15) is 0 Å². The van der Waals surface area contributed by atoms with Gasteiger partial charge in [0.2, 0.25) is 17.7 Å². The van der Waals surface area contributed by atoms with Crippen LogP contribution >= 0.6 is 0 Å². The summed E-state index contributed by atoms with van der Waals surface area (Å²) in [4.78, 5) is 42.4. The number of carbonyl (C=O) groups is 3. The normalized spacial score (nSPS) is 14.6. The maximum atomic E-state index is 12.0. The number of nitrogens with one attached hydrogen (secondary N) is 1. The molecule has 0 radical (unpaired) electrons. The van der Waals surface area contributed by atoms with Gasteiger partial charge in [-0.15, -0.1) is 0 Å². The van der Waals surface area contributed by atoms with Crippen molar-refractivity contribution in [2.45, 2.75) is 19.9 Å². The monoisotopic (exact) mass is 304 g/mol. The summed E-state index contributed by atoms with van der Waals surface area (Å²) < 4.78 is 0. The molecule has 3 amide bonds. The van der Waals surface area contributed by atoms with Crippen LogP contribution in [0.15, 0.2) is 24.5 Å². The molecule has 22 heavy (non-hydrogen) atoms. The van der Waals surface area contributed by atoms with Crippen LogP contribution in [-0.2, 0) is 20.9 Å². The van der Waals surface area contributed by atoms with E-state index >= 15 is 0 Å². The predicted octanol–water partition coefficient (Wildman–Crippen LogP) is -0.221. The van der Waals surface area contributed by atoms with Crippen LogP contribution in [0.5, 0.6) is 0 Å². The molecule has 1 saturated heterocycles. The van der Waals surface area contributed by atoms with E-state index in [2.05, 4.69) is 10.3 Å². The SMILES string of the molecule is CC(=O)N1CCN(C(=O)CC(=O)NCc2cccnc2)CC1. The van der Waals surface area contributed by atoms with E-state index < -0.39 is 0 Å². The molecule has 1 N–H and O–H groups in total. The largest absolute Gasteiger partial charge is 0.352 e. The fraction of sp³-hybridized carbons (Fsp3) is 0.467. The third-order valence-electron chi connectivity index (χ3n) is 3.60. The van der Waals surface area contributed by atoms with Crippen LogP contribution in [-0.4, -0.2) is 58.7 Å². The predicted molar refractivity (Wildman–Crippen MR) is 79.5 cm³/mol. The second-order valence-electron chi connectivity index (χ2n) is 5.20. The minimum atomic E-state index is -0.303. The molecule has 2 heterocycles. The van der Waals surface area contributed by atoms with Gasteiger partial charge in [-0.3, -0.25) is 19.4 Å². The lowest BCUT2D eigenvalue weighted by Crippen LogP contribution is -2.50. The highest BCUT2D eigenvalue weighted by Gasteiger charge is 2.23. The highest BCUT2D eigenvalue weighted by Crippen LogP contribution is 2.04. The first-order chi connectivity index (χ1) is 10.6. The Hall–Kier alpha value is -2.44. The Balaban J connectivity index is 1.73. The van der Waals surface area contributed by atoms with Crippen LogP contribution in [0.25, 0.3) is 0 Å². The summed E-state index contributed by atoms with van der Waals surface area (Å²) in [5.74, 6) is -0.490. The Morgan fingerprint density at radius 2 is 1.86 bits per heavy atom. The molecule has 0 saturated carbocycles. The zero-order valence-electron chi connectivity index (χ0n) is 12.6. The van der Waals surface area contributed by atoms with E-state index in [1.54, 1.807) is 28.3 Å². The van der Waals surface area contributed by atoms with Gasteiger partial charge in [0.1, 0.15) is 6.42 Å². The quantitative estimate of drug-likeness (QED) is 0.780. The lowest BCUT2D eigenvalue weighted by Gasteiger charge is -2.34. The standard InChI is InChI=1S/C15H20N4O3/c1-12(20)18-5-7-19(8-6-18)15(22)9-14(21)17-11-13-3-2-4-16-10-13/h2-4,10H,5-9,11H2,1H3,(H,17,21). The molecule has 0 bridgehead atoms. The molecular formula is C15H20N4O3. The molecule has 0 atom stereocenters. The molecule has 0 unspecified atom stereocenters. The van der Waals surface area contributed by atoms with Gasteiger partial charge in [0.05, 0.1) is 0 Å². The Morgan fingerprint density at radius 1 is 1.18 bits per heavy atom. The Labute approximate surface area is 129 Å². The molecule has 0 spiro atoms. The van der Waals surface area contributed by atoms with E-state index in [4.69, 9.17) is 0 Å². The first kappa shape index (κ1) is 15.9. The number of pyridine rings is 1. The minimum Gasteiger partial charge on any atom is -0.352 e. The maximum absolute atomic E-state index is 12.0. The lowest BCUT2D eigenvalue weighted by molar-refractivity contribution is -0.141.